The first-order valence-corrected chi connectivity index (χ1v) is 4.75. The summed E-state index contributed by atoms with van der Waals surface area (Å²) in [6, 6.07) is 0. The van der Waals surface area contributed by atoms with Gasteiger partial charge in [0, 0.05) is 0 Å². The molecule has 5 nitrogen and oxygen atoms in total. The van der Waals surface area contributed by atoms with Gasteiger partial charge in [0.15, 0.2) is 0 Å². The molecule has 0 saturated carbocycles. The monoisotopic (exact) mass is 265 g/mol. The first-order chi connectivity index (χ1) is 6.07. The predicted molar refractivity (Wildman–Crippen MR) is 50.0 cm³/mol. The SMILES string of the molecule is COC(=O)c1scc([N+](=O)[O-])c1Br. The molecule has 0 atom stereocenters. The van der Waals surface area contributed by atoms with Gasteiger partial charge in [0.2, 0.25) is 0 Å². The second kappa shape index (κ2) is 3.84. The highest BCUT2D eigenvalue weighted by Gasteiger charge is 2.23. The van der Waals surface area contributed by atoms with Gasteiger partial charge in [-0.15, -0.1) is 11.3 Å². The summed E-state index contributed by atoms with van der Waals surface area (Å²) in [6.07, 6.45) is 0. The molecule has 0 fully saturated rings. The van der Waals surface area contributed by atoms with Gasteiger partial charge in [-0.2, -0.15) is 0 Å². The molecule has 0 aromatic carbocycles. The minimum absolute atomic E-state index is 0.120. The van der Waals surface area contributed by atoms with Gasteiger partial charge in [0.05, 0.1) is 17.4 Å². The average molecular weight is 266 g/mol. The highest BCUT2D eigenvalue weighted by Crippen LogP contribution is 2.34. The number of methoxy groups -OCH3 is 1. The molecule has 1 rings (SSSR count). The molecule has 0 saturated heterocycles. The Balaban J connectivity index is 3.13. The lowest BCUT2D eigenvalue weighted by molar-refractivity contribution is -0.385. The Morgan fingerprint density at radius 1 is 1.77 bits per heavy atom. The number of esters is 1. The lowest BCUT2D eigenvalue weighted by Gasteiger charge is -1.93. The zero-order chi connectivity index (χ0) is 10.0. The number of carbonyl (C=O) groups is 1. The average Bonchev–Trinajstić information content (AvgIpc) is 2.46. The number of halogens is 1. The Kier molecular flexibility index (Phi) is 2.99. The fraction of sp³-hybridized carbons (Fsp3) is 0.167. The number of ether oxygens (including phenoxy) is 1. The highest BCUT2D eigenvalue weighted by molar-refractivity contribution is 9.10. The molecule has 0 bridgehead atoms. The number of hydrogen-bond acceptors (Lipinski definition) is 5. The molecular formula is C6H4BrNO4S. The fourth-order valence-electron chi connectivity index (χ4n) is 0.688. The first kappa shape index (κ1) is 10.1. The van der Waals surface area contributed by atoms with Gasteiger partial charge in [0.25, 0.3) is 5.69 Å². The quantitative estimate of drug-likeness (QED) is 0.467. The van der Waals surface area contributed by atoms with E-state index in [9.17, 15) is 14.9 Å². The van der Waals surface area contributed by atoms with E-state index in [-0.39, 0.29) is 15.0 Å². The lowest BCUT2D eigenvalue weighted by Crippen LogP contribution is -1.99. The standard InChI is InChI=1S/C6H4BrNO4S/c1-12-6(9)5-4(7)3(2-13-5)8(10)11/h2H,1H3. The number of carbonyl (C=O) groups excluding carboxylic acids is 1. The number of thiophene rings is 1. The van der Waals surface area contributed by atoms with Crippen molar-refractivity contribution in [3.8, 4) is 0 Å². The Morgan fingerprint density at radius 2 is 2.38 bits per heavy atom. The van der Waals surface area contributed by atoms with Crippen LogP contribution in [0.15, 0.2) is 9.85 Å². The number of hydrogen-bond donors (Lipinski definition) is 0. The van der Waals surface area contributed by atoms with Crippen molar-refractivity contribution in [1.82, 2.24) is 0 Å². The topological polar surface area (TPSA) is 69.4 Å². The normalized spacial score (nSPS) is 9.69. The van der Waals surface area contributed by atoms with Gasteiger partial charge < -0.3 is 4.74 Å². The van der Waals surface area contributed by atoms with Crippen LogP contribution in [0.5, 0.6) is 0 Å². The van der Waals surface area contributed by atoms with Gasteiger partial charge in [-0.25, -0.2) is 4.79 Å². The van der Waals surface area contributed by atoms with Crippen LogP contribution >= 0.6 is 27.3 Å². The summed E-state index contributed by atoms with van der Waals surface area (Å²) >= 11 is 3.94. The Bertz CT molecular complexity index is 362. The molecule has 0 amide bonds. The summed E-state index contributed by atoms with van der Waals surface area (Å²) in [5.41, 5.74) is -0.120. The molecule has 0 aliphatic carbocycles. The van der Waals surface area contributed by atoms with Gasteiger partial charge >= 0.3 is 5.97 Å². The maximum absolute atomic E-state index is 11.0. The minimum atomic E-state index is -0.579. The number of rotatable bonds is 2. The first-order valence-electron chi connectivity index (χ1n) is 3.07. The summed E-state index contributed by atoms with van der Waals surface area (Å²) in [6.45, 7) is 0. The molecule has 7 heteroatoms. The van der Waals surface area contributed by atoms with Gasteiger partial charge in [-0.3, -0.25) is 10.1 Å². The molecule has 0 aliphatic heterocycles. The molecule has 13 heavy (non-hydrogen) atoms. The Morgan fingerprint density at radius 3 is 2.77 bits per heavy atom. The molecule has 0 spiro atoms. The van der Waals surface area contributed by atoms with Crippen LogP contribution in [0.1, 0.15) is 9.67 Å². The van der Waals surface area contributed by atoms with Gasteiger partial charge in [0.1, 0.15) is 9.35 Å². The summed E-state index contributed by atoms with van der Waals surface area (Å²) in [4.78, 5) is 21.0. The molecule has 0 radical (unpaired) electrons. The highest BCUT2D eigenvalue weighted by atomic mass is 79.9. The van der Waals surface area contributed by atoms with Crippen LogP contribution in [0.2, 0.25) is 0 Å². The molecule has 70 valence electrons. The molecule has 1 aromatic rings. The van der Waals surface area contributed by atoms with E-state index in [2.05, 4.69) is 20.7 Å². The van der Waals surface area contributed by atoms with Crippen LogP contribution < -0.4 is 0 Å². The number of nitro groups is 1. The second-order valence-electron chi connectivity index (χ2n) is 2.01. The second-order valence-corrected chi connectivity index (χ2v) is 3.69. The van der Waals surface area contributed by atoms with Crippen molar-refractivity contribution >= 4 is 38.9 Å². The van der Waals surface area contributed by atoms with E-state index in [1.165, 1.54) is 12.5 Å². The Hall–Kier alpha value is -0.950. The van der Waals surface area contributed by atoms with Crippen LogP contribution in [0.3, 0.4) is 0 Å². The van der Waals surface area contributed by atoms with E-state index < -0.39 is 10.9 Å². The van der Waals surface area contributed by atoms with Crippen LogP contribution in [0.25, 0.3) is 0 Å². The van der Waals surface area contributed by atoms with Crippen molar-refractivity contribution in [1.29, 1.82) is 0 Å². The van der Waals surface area contributed by atoms with Crippen molar-refractivity contribution in [2.45, 2.75) is 0 Å². The Labute approximate surface area is 85.6 Å². The summed E-state index contributed by atoms with van der Waals surface area (Å²) in [5.74, 6) is -0.579. The van der Waals surface area contributed by atoms with Crippen molar-refractivity contribution in [3.05, 3.63) is 24.8 Å². The molecule has 1 aromatic heterocycles. The van der Waals surface area contributed by atoms with Crippen molar-refractivity contribution < 1.29 is 14.5 Å². The van der Waals surface area contributed by atoms with Crippen molar-refractivity contribution in [2.75, 3.05) is 7.11 Å². The van der Waals surface area contributed by atoms with Crippen LogP contribution in [-0.4, -0.2) is 18.0 Å². The van der Waals surface area contributed by atoms with Crippen molar-refractivity contribution in [3.63, 3.8) is 0 Å². The van der Waals surface area contributed by atoms with Gasteiger partial charge in [-0.05, 0) is 15.9 Å². The van der Waals surface area contributed by atoms with Crippen LogP contribution in [0, 0.1) is 10.1 Å². The van der Waals surface area contributed by atoms with Crippen LogP contribution in [-0.2, 0) is 4.74 Å². The third kappa shape index (κ3) is 1.86. The minimum Gasteiger partial charge on any atom is -0.465 e. The van der Waals surface area contributed by atoms with Crippen molar-refractivity contribution in [2.24, 2.45) is 0 Å². The lowest BCUT2D eigenvalue weighted by atomic mass is 10.4. The van der Waals surface area contributed by atoms with E-state index in [4.69, 9.17) is 0 Å². The maximum Gasteiger partial charge on any atom is 0.349 e. The number of nitrogens with zero attached hydrogens (tertiary/aromatic N) is 1. The molecular weight excluding hydrogens is 262 g/mol. The summed E-state index contributed by atoms with van der Waals surface area (Å²) in [5, 5.41) is 11.7. The van der Waals surface area contributed by atoms with E-state index >= 15 is 0 Å². The maximum atomic E-state index is 11.0. The molecule has 0 unspecified atom stereocenters. The van der Waals surface area contributed by atoms with E-state index in [0.717, 1.165) is 11.3 Å². The zero-order valence-corrected chi connectivity index (χ0v) is 8.85. The third-order valence-electron chi connectivity index (χ3n) is 1.28. The summed E-state index contributed by atoms with van der Waals surface area (Å²) < 4.78 is 4.60. The fourth-order valence-corrected chi connectivity index (χ4v) is 2.36. The molecule has 1 heterocycles. The van der Waals surface area contributed by atoms with Gasteiger partial charge in [-0.1, -0.05) is 0 Å². The predicted octanol–water partition coefficient (Wildman–Crippen LogP) is 2.21. The van der Waals surface area contributed by atoms with E-state index in [0.29, 0.717) is 0 Å². The largest absolute Gasteiger partial charge is 0.465 e. The molecule has 0 N–H and O–H groups in total. The zero-order valence-electron chi connectivity index (χ0n) is 6.44. The van der Waals surface area contributed by atoms with E-state index in [1.54, 1.807) is 0 Å². The smallest absolute Gasteiger partial charge is 0.349 e. The summed E-state index contributed by atoms with van der Waals surface area (Å²) in [7, 11) is 1.22. The molecule has 0 aliphatic rings. The third-order valence-corrected chi connectivity index (χ3v) is 3.29. The van der Waals surface area contributed by atoms with E-state index in [1.807, 2.05) is 0 Å². The van der Waals surface area contributed by atoms with Crippen LogP contribution in [0.4, 0.5) is 5.69 Å².